The molecule has 94 valence electrons. The fourth-order valence-electron chi connectivity index (χ4n) is 1.28. The summed E-state index contributed by atoms with van der Waals surface area (Å²) >= 11 is 3.19. The third kappa shape index (κ3) is 4.44. The molecule has 17 heavy (non-hydrogen) atoms. The highest BCUT2D eigenvalue weighted by molar-refractivity contribution is 9.10. The molecule has 0 saturated carbocycles. The quantitative estimate of drug-likeness (QED) is 0.850. The molecule has 0 saturated heterocycles. The molecule has 0 heterocycles. The Morgan fingerprint density at radius 2 is 2.29 bits per heavy atom. The molecule has 0 bridgehead atoms. The second-order valence-corrected chi connectivity index (χ2v) is 4.51. The highest BCUT2D eigenvalue weighted by atomic mass is 79.9. The second-order valence-electron chi connectivity index (χ2n) is 3.59. The molecule has 0 radical (unpaired) electrons. The Labute approximate surface area is 108 Å². The van der Waals surface area contributed by atoms with Crippen molar-refractivity contribution in [2.24, 2.45) is 0 Å². The van der Waals surface area contributed by atoms with Crippen molar-refractivity contribution in [3.8, 4) is 0 Å². The van der Waals surface area contributed by atoms with Crippen LogP contribution >= 0.6 is 15.9 Å². The highest BCUT2D eigenvalue weighted by Crippen LogP contribution is 2.15. The number of benzene rings is 1. The minimum Gasteiger partial charge on any atom is -0.465 e. The molecule has 0 aliphatic carbocycles. The van der Waals surface area contributed by atoms with Crippen LogP contribution in [0.15, 0.2) is 22.7 Å². The maximum absolute atomic E-state index is 13.5. The molecule has 0 aliphatic heterocycles. The lowest BCUT2D eigenvalue weighted by Crippen LogP contribution is -2.35. The van der Waals surface area contributed by atoms with Gasteiger partial charge in [0.15, 0.2) is 0 Å². The van der Waals surface area contributed by atoms with E-state index < -0.39 is 6.04 Å². The monoisotopic (exact) mass is 303 g/mol. The number of carbonyl (C=O) groups excluding carboxylic acids is 1. The molecule has 0 spiro atoms. The van der Waals surface area contributed by atoms with Crippen LogP contribution in [0.2, 0.25) is 0 Å². The lowest BCUT2D eigenvalue weighted by molar-refractivity contribution is -0.145. The van der Waals surface area contributed by atoms with Gasteiger partial charge in [-0.1, -0.05) is 22.0 Å². The molecule has 1 N–H and O–H groups in total. The Morgan fingerprint density at radius 1 is 1.59 bits per heavy atom. The number of ether oxygens (including phenoxy) is 1. The Hall–Kier alpha value is -0.940. The number of hydrogen-bond acceptors (Lipinski definition) is 3. The lowest BCUT2D eigenvalue weighted by Gasteiger charge is -2.12. The van der Waals surface area contributed by atoms with E-state index in [1.165, 1.54) is 6.07 Å². The van der Waals surface area contributed by atoms with Gasteiger partial charge in [-0.15, -0.1) is 0 Å². The zero-order valence-corrected chi connectivity index (χ0v) is 11.4. The molecule has 1 unspecified atom stereocenters. The SMILES string of the molecule is CCOC(=O)C(C)NCc1ccc(Br)cc1F. The molecule has 1 rings (SSSR count). The van der Waals surface area contributed by atoms with Crippen LogP contribution in [-0.4, -0.2) is 18.6 Å². The predicted octanol–water partition coefficient (Wildman–Crippen LogP) is 2.63. The zero-order chi connectivity index (χ0) is 12.8. The third-order valence-electron chi connectivity index (χ3n) is 2.25. The van der Waals surface area contributed by atoms with E-state index in [-0.39, 0.29) is 11.8 Å². The topological polar surface area (TPSA) is 38.3 Å². The Morgan fingerprint density at radius 3 is 2.88 bits per heavy atom. The molecular weight excluding hydrogens is 289 g/mol. The molecule has 0 aliphatic rings. The van der Waals surface area contributed by atoms with E-state index in [9.17, 15) is 9.18 Å². The van der Waals surface area contributed by atoms with Gasteiger partial charge in [0.1, 0.15) is 11.9 Å². The summed E-state index contributed by atoms with van der Waals surface area (Å²) in [4.78, 5) is 11.3. The van der Waals surface area contributed by atoms with E-state index >= 15 is 0 Å². The molecule has 0 amide bonds. The van der Waals surface area contributed by atoms with Crippen molar-refractivity contribution in [1.29, 1.82) is 0 Å². The Bertz CT molecular complexity index is 398. The summed E-state index contributed by atoms with van der Waals surface area (Å²) in [7, 11) is 0. The van der Waals surface area contributed by atoms with Gasteiger partial charge in [-0.05, 0) is 26.0 Å². The second kappa shape index (κ2) is 6.71. The smallest absolute Gasteiger partial charge is 0.322 e. The molecule has 3 nitrogen and oxygen atoms in total. The van der Waals surface area contributed by atoms with Crippen LogP contribution in [0.25, 0.3) is 0 Å². The number of carbonyl (C=O) groups is 1. The minimum absolute atomic E-state index is 0.291. The first-order valence-electron chi connectivity index (χ1n) is 5.38. The van der Waals surface area contributed by atoms with Gasteiger partial charge in [0.2, 0.25) is 0 Å². The fourth-order valence-corrected chi connectivity index (χ4v) is 1.61. The first-order valence-corrected chi connectivity index (χ1v) is 6.17. The fraction of sp³-hybridized carbons (Fsp3) is 0.417. The third-order valence-corrected chi connectivity index (χ3v) is 2.75. The average molecular weight is 304 g/mol. The number of esters is 1. The molecule has 1 aromatic carbocycles. The van der Waals surface area contributed by atoms with Crippen molar-refractivity contribution in [2.75, 3.05) is 6.61 Å². The zero-order valence-electron chi connectivity index (χ0n) is 9.80. The Kier molecular flexibility index (Phi) is 5.58. The molecular formula is C12H15BrFNO2. The van der Waals surface area contributed by atoms with Crippen LogP contribution in [0, 0.1) is 5.82 Å². The van der Waals surface area contributed by atoms with Gasteiger partial charge in [-0.3, -0.25) is 4.79 Å². The minimum atomic E-state index is -0.446. The van der Waals surface area contributed by atoms with E-state index in [4.69, 9.17) is 4.74 Å². The summed E-state index contributed by atoms with van der Waals surface area (Å²) in [5.41, 5.74) is 0.518. The van der Waals surface area contributed by atoms with Crippen molar-refractivity contribution in [3.63, 3.8) is 0 Å². The van der Waals surface area contributed by atoms with Gasteiger partial charge >= 0.3 is 5.97 Å². The van der Waals surface area contributed by atoms with E-state index in [0.717, 1.165) is 0 Å². The predicted molar refractivity (Wildman–Crippen MR) is 67.0 cm³/mol. The average Bonchev–Trinajstić information content (AvgIpc) is 2.27. The maximum atomic E-state index is 13.5. The van der Waals surface area contributed by atoms with E-state index in [1.54, 1.807) is 26.0 Å². The van der Waals surface area contributed by atoms with Gasteiger partial charge in [-0.2, -0.15) is 0 Å². The van der Waals surface area contributed by atoms with Crippen LogP contribution in [0.4, 0.5) is 4.39 Å². The highest BCUT2D eigenvalue weighted by Gasteiger charge is 2.13. The van der Waals surface area contributed by atoms with Gasteiger partial charge in [0.25, 0.3) is 0 Å². The van der Waals surface area contributed by atoms with Gasteiger partial charge in [0.05, 0.1) is 6.61 Å². The van der Waals surface area contributed by atoms with Crippen molar-refractivity contribution < 1.29 is 13.9 Å². The van der Waals surface area contributed by atoms with E-state index in [0.29, 0.717) is 23.2 Å². The standard InChI is InChI=1S/C12H15BrFNO2/c1-3-17-12(16)8(2)15-7-9-4-5-10(13)6-11(9)14/h4-6,8,15H,3,7H2,1-2H3. The number of halogens is 2. The van der Waals surface area contributed by atoms with Crippen LogP contribution in [0.3, 0.4) is 0 Å². The molecule has 1 atom stereocenters. The first kappa shape index (κ1) is 14.1. The van der Waals surface area contributed by atoms with Crippen LogP contribution in [0.1, 0.15) is 19.4 Å². The van der Waals surface area contributed by atoms with Crippen molar-refractivity contribution >= 4 is 21.9 Å². The van der Waals surface area contributed by atoms with E-state index in [1.807, 2.05) is 0 Å². The van der Waals surface area contributed by atoms with Crippen LogP contribution < -0.4 is 5.32 Å². The van der Waals surface area contributed by atoms with Crippen molar-refractivity contribution in [1.82, 2.24) is 5.32 Å². The number of rotatable bonds is 5. The van der Waals surface area contributed by atoms with Gasteiger partial charge < -0.3 is 10.1 Å². The summed E-state index contributed by atoms with van der Waals surface area (Å²) in [6.07, 6.45) is 0. The number of hydrogen-bond donors (Lipinski definition) is 1. The van der Waals surface area contributed by atoms with Crippen LogP contribution in [0.5, 0.6) is 0 Å². The molecule has 1 aromatic rings. The van der Waals surface area contributed by atoms with Crippen molar-refractivity contribution in [2.45, 2.75) is 26.4 Å². The first-order chi connectivity index (χ1) is 8.04. The maximum Gasteiger partial charge on any atom is 0.322 e. The van der Waals surface area contributed by atoms with Crippen LogP contribution in [-0.2, 0) is 16.1 Å². The molecule has 0 fully saturated rings. The molecule has 0 aromatic heterocycles. The normalized spacial score (nSPS) is 12.2. The largest absolute Gasteiger partial charge is 0.465 e. The summed E-state index contributed by atoms with van der Waals surface area (Å²) in [6.45, 7) is 4.07. The summed E-state index contributed by atoms with van der Waals surface area (Å²) in [6, 6.07) is 4.38. The number of nitrogens with one attached hydrogen (secondary N) is 1. The van der Waals surface area contributed by atoms with Gasteiger partial charge in [-0.25, -0.2) is 4.39 Å². The summed E-state index contributed by atoms with van der Waals surface area (Å²) in [5, 5.41) is 2.91. The van der Waals surface area contributed by atoms with Crippen molar-refractivity contribution in [3.05, 3.63) is 34.1 Å². The molecule has 5 heteroatoms. The van der Waals surface area contributed by atoms with Gasteiger partial charge in [0, 0.05) is 16.6 Å². The summed E-state index contributed by atoms with van der Waals surface area (Å²) < 4.78 is 19.0. The lowest BCUT2D eigenvalue weighted by atomic mass is 10.2. The van der Waals surface area contributed by atoms with E-state index in [2.05, 4.69) is 21.2 Å². The Balaban J connectivity index is 2.52. The summed E-state index contributed by atoms with van der Waals surface area (Å²) in [5.74, 6) is -0.632.